The normalized spacial score (nSPS) is 10.4. The minimum Gasteiger partial charge on any atom is -0.497 e. The fourth-order valence-electron chi connectivity index (χ4n) is 2.93. The van der Waals surface area contributed by atoms with Crippen LogP contribution in [0.15, 0.2) is 60.8 Å². The molecule has 0 bridgehead atoms. The number of nitro groups is 1. The van der Waals surface area contributed by atoms with Gasteiger partial charge in [0.15, 0.2) is 0 Å². The van der Waals surface area contributed by atoms with Gasteiger partial charge in [-0.25, -0.2) is 14.7 Å². The molecule has 0 saturated carbocycles. The number of nitrogens with one attached hydrogen (secondary N) is 1. The predicted octanol–water partition coefficient (Wildman–Crippen LogP) is 5.40. The van der Waals surface area contributed by atoms with Crippen molar-refractivity contribution in [2.45, 2.75) is 6.42 Å². The highest BCUT2D eigenvalue weighted by atomic mass is 35.5. The third kappa shape index (κ3) is 5.22. The van der Waals surface area contributed by atoms with Gasteiger partial charge in [-0.2, -0.15) is 0 Å². The molecule has 2 amide bonds. The van der Waals surface area contributed by atoms with E-state index in [9.17, 15) is 14.9 Å². The number of halogens is 2. The summed E-state index contributed by atoms with van der Waals surface area (Å²) < 4.78 is 5.22. The van der Waals surface area contributed by atoms with Crippen LogP contribution in [0.1, 0.15) is 5.56 Å². The number of hydrogen-bond donors (Lipinski definition) is 1. The number of carbonyl (C=O) groups excluding carboxylic acids is 1. The van der Waals surface area contributed by atoms with Crippen molar-refractivity contribution >= 4 is 46.4 Å². The smallest absolute Gasteiger partial charge is 0.327 e. The van der Waals surface area contributed by atoms with Crippen molar-refractivity contribution in [1.82, 2.24) is 10.3 Å². The van der Waals surface area contributed by atoms with Gasteiger partial charge in [0.2, 0.25) is 5.82 Å². The summed E-state index contributed by atoms with van der Waals surface area (Å²) in [7, 11) is 1.49. The number of amides is 2. The number of benzene rings is 2. The Morgan fingerprint density at radius 2 is 1.87 bits per heavy atom. The lowest BCUT2D eigenvalue weighted by Gasteiger charge is -2.22. The molecule has 160 valence electrons. The van der Waals surface area contributed by atoms with Crippen LogP contribution in [0.5, 0.6) is 5.75 Å². The second-order valence-electron chi connectivity index (χ2n) is 6.32. The molecule has 10 heteroatoms. The van der Waals surface area contributed by atoms with Crippen LogP contribution in [-0.2, 0) is 6.42 Å². The van der Waals surface area contributed by atoms with Gasteiger partial charge in [0.05, 0.1) is 17.7 Å². The molecule has 0 atom stereocenters. The predicted molar refractivity (Wildman–Crippen MR) is 120 cm³/mol. The first-order chi connectivity index (χ1) is 14.9. The highest BCUT2D eigenvalue weighted by Gasteiger charge is 2.27. The average molecular weight is 461 g/mol. The SMILES string of the molecule is COc1cccc(N(C(=O)NCCc2c(Cl)cccc2Cl)c2ncccc2[N+](=O)[O-])c1. The Morgan fingerprint density at radius 1 is 1.16 bits per heavy atom. The van der Waals surface area contributed by atoms with Gasteiger partial charge < -0.3 is 10.1 Å². The number of pyridine rings is 1. The summed E-state index contributed by atoms with van der Waals surface area (Å²) in [4.78, 5) is 29.3. The van der Waals surface area contributed by atoms with Crippen LogP contribution in [0.2, 0.25) is 10.0 Å². The summed E-state index contributed by atoms with van der Waals surface area (Å²) in [5, 5.41) is 15.3. The van der Waals surface area contributed by atoms with E-state index in [1.165, 1.54) is 25.4 Å². The lowest BCUT2D eigenvalue weighted by molar-refractivity contribution is -0.384. The lowest BCUT2D eigenvalue weighted by Crippen LogP contribution is -2.38. The fraction of sp³-hybridized carbons (Fsp3) is 0.143. The van der Waals surface area contributed by atoms with Crippen LogP contribution in [0.3, 0.4) is 0 Å². The van der Waals surface area contributed by atoms with E-state index < -0.39 is 11.0 Å². The van der Waals surface area contributed by atoms with E-state index in [1.807, 2.05) is 0 Å². The van der Waals surface area contributed by atoms with Crippen molar-refractivity contribution in [3.63, 3.8) is 0 Å². The minimum absolute atomic E-state index is 0.117. The number of ether oxygens (including phenoxy) is 1. The van der Waals surface area contributed by atoms with Crippen LogP contribution in [-0.4, -0.2) is 29.6 Å². The van der Waals surface area contributed by atoms with Gasteiger partial charge in [-0.15, -0.1) is 0 Å². The largest absolute Gasteiger partial charge is 0.497 e. The van der Waals surface area contributed by atoms with E-state index in [2.05, 4.69) is 10.3 Å². The molecule has 0 fully saturated rings. The van der Waals surface area contributed by atoms with E-state index in [0.717, 1.165) is 4.90 Å². The van der Waals surface area contributed by atoms with E-state index in [1.54, 1.807) is 42.5 Å². The van der Waals surface area contributed by atoms with Crippen LogP contribution in [0.4, 0.5) is 22.0 Å². The van der Waals surface area contributed by atoms with Crippen molar-refractivity contribution < 1.29 is 14.5 Å². The summed E-state index contributed by atoms with van der Waals surface area (Å²) in [6.45, 7) is 0.198. The molecule has 2 aromatic carbocycles. The van der Waals surface area contributed by atoms with Gasteiger partial charge in [-0.3, -0.25) is 10.1 Å². The summed E-state index contributed by atoms with van der Waals surface area (Å²) >= 11 is 12.4. The molecule has 0 saturated heterocycles. The van der Waals surface area contributed by atoms with E-state index in [4.69, 9.17) is 27.9 Å². The maximum Gasteiger partial charge on any atom is 0.327 e. The Hall–Kier alpha value is -3.36. The average Bonchev–Trinajstić information content (AvgIpc) is 2.76. The Labute approximate surface area is 188 Å². The first-order valence-electron chi connectivity index (χ1n) is 9.16. The van der Waals surface area contributed by atoms with E-state index in [0.29, 0.717) is 33.5 Å². The topological polar surface area (TPSA) is 97.6 Å². The van der Waals surface area contributed by atoms with E-state index in [-0.39, 0.29) is 18.1 Å². The first kappa shape index (κ1) is 22.3. The van der Waals surface area contributed by atoms with Gasteiger partial charge in [-0.05, 0) is 42.3 Å². The molecule has 31 heavy (non-hydrogen) atoms. The molecule has 0 aliphatic rings. The van der Waals surface area contributed by atoms with Crippen LogP contribution >= 0.6 is 23.2 Å². The van der Waals surface area contributed by atoms with E-state index >= 15 is 0 Å². The van der Waals surface area contributed by atoms with Gasteiger partial charge in [0.1, 0.15) is 5.75 Å². The Morgan fingerprint density at radius 3 is 2.55 bits per heavy atom. The van der Waals surface area contributed by atoms with Crippen LogP contribution in [0, 0.1) is 10.1 Å². The fourth-order valence-corrected chi connectivity index (χ4v) is 3.52. The molecule has 1 N–H and O–H groups in total. The molecule has 1 aromatic heterocycles. The van der Waals surface area contributed by atoms with Crippen LogP contribution < -0.4 is 15.0 Å². The molecule has 3 aromatic rings. The van der Waals surface area contributed by atoms with Gasteiger partial charge in [-0.1, -0.05) is 35.3 Å². The quantitative estimate of drug-likeness (QED) is 0.376. The molecule has 0 spiro atoms. The lowest BCUT2D eigenvalue weighted by atomic mass is 10.1. The third-order valence-corrected chi connectivity index (χ3v) is 5.11. The number of aromatic nitrogens is 1. The van der Waals surface area contributed by atoms with Crippen molar-refractivity contribution in [3.8, 4) is 5.75 Å². The first-order valence-corrected chi connectivity index (χ1v) is 9.92. The summed E-state index contributed by atoms with van der Waals surface area (Å²) in [6, 6.07) is 13.9. The minimum atomic E-state index is -0.599. The standard InChI is InChI=1S/C21H18Cl2N4O4/c1-31-15-6-2-5-14(13-15)26(20-19(27(29)30)9-4-11-24-20)21(28)25-12-10-16-17(22)7-3-8-18(16)23/h2-9,11,13H,10,12H2,1H3,(H,25,28). The van der Waals surface area contributed by atoms with Crippen molar-refractivity contribution in [3.05, 3.63) is 86.5 Å². The number of hydrogen-bond acceptors (Lipinski definition) is 5. The Bertz CT molecular complexity index is 1090. The Kier molecular flexibility index (Phi) is 7.28. The molecule has 0 radical (unpaired) electrons. The Balaban J connectivity index is 1.91. The monoisotopic (exact) mass is 460 g/mol. The number of urea groups is 1. The summed E-state index contributed by atoms with van der Waals surface area (Å²) in [6.07, 6.45) is 1.76. The number of rotatable bonds is 7. The highest BCUT2D eigenvalue weighted by Crippen LogP contribution is 2.33. The number of carbonyl (C=O) groups is 1. The second kappa shape index (κ2) is 10.1. The maximum absolute atomic E-state index is 13.1. The zero-order chi connectivity index (χ0) is 22.4. The molecule has 3 rings (SSSR count). The van der Waals surface area contributed by atoms with Crippen molar-refractivity contribution in [1.29, 1.82) is 0 Å². The molecule has 1 heterocycles. The third-order valence-electron chi connectivity index (χ3n) is 4.40. The maximum atomic E-state index is 13.1. The van der Waals surface area contributed by atoms with Crippen molar-refractivity contribution in [2.75, 3.05) is 18.6 Å². The molecular formula is C21H18Cl2N4O4. The molecule has 8 nitrogen and oxygen atoms in total. The molecule has 0 unspecified atom stereocenters. The van der Waals surface area contributed by atoms with Crippen LogP contribution in [0.25, 0.3) is 0 Å². The number of anilines is 2. The molecular weight excluding hydrogens is 443 g/mol. The zero-order valence-corrected chi connectivity index (χ0v) is 17.9. The summed E-state index contributed by atoms with van der Waals surface area (Å²) in [5.41, 5.74) is 0.743. The van der Waals surface area contributed by atoms with Crippen molar-refractivity contribution in [2.24, 2.45) is 0 Å². The zero-order valence-electron chi connectivity index (χ0n) is 16.4. The summed E-state index contributed by atoms with van der Waals surface area (Å²) in [5.74, 6) is 0.366. The highest BCUT2D eigenvalue weighted by molar-refractivity contribution is 6.36. The molecule has 0 aliphatic carbocycles. The molecule has 0 aliphatic heterocycles. The van der Waals surface area contributed by atoms with Gasteiger partial charge in [0, 0.05) is 34.9 Å². The number of nitrogens with zero attached hydrogens (tertiary/aromatic N) is 3. The van der Waals surface area contributed by atoms with Gasteiger partial charge in [0.25, 0.3) is 0 Å². The number of methoxy groups -OCH3 is 1. The second-order valence-corrected chi connectivity index (χ2v) is 7.14. The van der Waals surface area contributed by atoms with Gasteiger partial charge >= 0.3 is 11.7 Å².